The molecule has 1 saturated heterocycles. The molecule has 1 aromatic rings. The zero-order valence-electron chi connectivity index (χ0n) is 29.9. The van der Waals surface area contributed by atoms with Crippen molar-refractivity contribution in [2.24, 2.45) is 46.3 Å². The molecule has 0 bridgehead atoms. The summed E-state index contributed by atoms with van der Waals surface area (Å²) in [6, 6.07) is 7.60. The largest absolute Gasteiger partial charge is 0.494 e. The quantitative estimate of drug-likeness (QED) is 0.166. The zero-order valence-corrected chi connectivity index (χ0v) is 29.9. The molecule has 45 heavy (non-hydrogen) atoms. The van der Waals surface area contributed by atoms with E-state index >= 15 is 0 Å². The lowest BCUT2D eigenvalue weighted by molar-refractivity contribution is -0.0594. The first-order valence-electron chi connectivity index (χ1n) is 18.5. The number of benzene rings is 1. The van der Waals surface area contributed by atoms with Gasteiger partial charge < -0.3 is 14.0 Å². The molecule has 4 fully saturated rings. The van der Waals surface area contributed by atoms with Crippen LogP contribution in [-0.4, -0.2) is 30.4 Å². The summed E-state index contributed by atoms with van der Waals surface area (Å²) in [7, 11) is -0.427. The summed E-state index contributed by atoms with van der Waals surface area (Å²) in [6.45, 7) is 20.8. The van der Waals surface area contributed by atoms with Gasteiger partial charge in [-0.2, -0.15) is 0 Å². The number of fused-ring (bicyclic) bond motifs is 5. The molecule has 248 valence electrons. The van der Waals surface area contributed by atoms with Crippen LogP contribution in [0.4, 0.5) is 0 Å². The van der Waals surface area contributed by atoms with Gasteiger partial charge in [-0.05, 0) is 137 Å². The van der Waals surface area contributed by atoms with Gasteiger partial charge in [-0.25, -0.2) is 4.79 Å². The SMILES string of the molecule is CC(C)CCC[C@@H](C)[C@H]1CC[C@H]2[C@@H]3CC=C4C[C@@H](OC(=O)c5ccc(B6OC(C)(C)C(C)(C)O6)cc5)CC[C@]4(C)[C@H]3CC[C@]12C. The molecule has 8 atom stereocenters. The van der Waals surface area contributed by atoms with Gasteiger partial charge in [-0.1, -0.05) is 77.7 Å². The van der Waals surface area contributed by atoms with Crippen molar-refractivity contribution in [2.75, 3.05) is 0 Å². The van der Waals surface area contributed by atoms with Crippen molar-refractivity contribution >= 4 is 18.6 Å². The van der Waals surface area contributed by atoms with Gasteiger partial charge in [0.15, 0.2) is 0 Å². The highest BCUT2D eigenvalue weighted by Crippen LogP contribution is 2.67. The van der Waals surface area contributed by atoms with Crippen molar-refractivity contribution in [3.05, 3.63) is 41.5 Å². The van der Waals surface area contributed by atoms with E-state index in [1.165, 1.54) is 51.4 Å². The molecule has 5 heteroatoms. The number of ether oxygens (including phenoxy) is 1. The minimum Gasteiger partial charge on any atom is -0.458 e. The molecule has 3 saturated carbocycles. The van der Waals surface area contributed by atoms with Crippen LogP contribution in [0.5, 0.6) is 0 Å². The summed E-state index contributed by atoms with van der Waals surface area (Å²) >= 11 is 0. The normalized spacial score (nSPS) is 37.4. The van der Waals surface area contributed by atoms with Crippen molar-refractivity contribution < 1.29 is 18.8 Å². The second kappa shape index (κ2) is 12.1. The van der Waals surface area contributed by atoms with Gasteiger partial charge in [-0.3, -0.25) is 0 Å². The molecule has 0 aromatic heterocycles. The molecule has 1 aromatic carbocycles. The number of hydrogen-bond donors (Lipinski definition) is 0. The third-order valence-electron chi connectivity index (χ3n) is 14.2. The number of allylic oxidation sites excluding steroid dienone is 1. The first kappa shape index (κ1) is 33.3. The fourth-order valence-corrected chi connectivity index (χ4v) is 10.7. The molecule has 0 spiro atoms. The molecule has 0 amide bonds. The van der Waals surface area contributed by atoms with Crippen LogP contribution in [0.3, 0.4) is 0 Å². The van der Waals surface area contributed by atoms with Gasteiger partial charge in [0.25, 0.3) is 0 Å². The Kier molecular flexibility index (Phi) is 8.99. The Morgan fingerprint density at radius 3 is 2.24 bits per heavy atom. The fourth-order valence-electron chi connectivity index (χ4n) is 10.7. The van der Waals surface area contributed by atoms with E-state index < -0.39 is 7.12 Å². The smallest absolute Gasteiger partial charge is 0.458 e. The molecule has 1 aliphatic heterocycles. The monoisotopic (exact) mass is 616 g/mol. The van der Waals surface area contributed by atoms with E-state index in [4.69, 9.17) is 14.0 Å². The van der Waals surface area contributed by atoms with Gasteiger partial charge in [0, 0.05) is 6.42 Å². The molecular weight excluding hydrogens is 555 g/mol. The van der Waals surface area contributed by atoms with Crippen LogP contribution in [-0.2, 0) is 14.0 Å². The number of rotatable bonds is 8. The Hall–Kier alpha value is -1.59. The summed E-state index contributed by atoms with van der Waals surface area (Å²) in [5, 5.41) is 0. The van der Waals surface area contributed by atoms with Crippen molar-refractivity contribution in [1.82, 2.24) is 0 Å². The van der Waals surface area contributed by atoms with Gasteiger partial charge in [0.05, 0.1) is 16.8 Å². The third-order valence-corrected chi connectivity index (χ3v) is 14.2. The van der Waals surface area contributed by atoms with Crippen molar-refractivity contribution in [2.45, 2.75) is 150 Å². The minimum atomic E-state index is -0.427. The van der Waals surface area contributed by atoms with E-state index in [0.717, 1.165) is 60.2 Å². The third kappa shape index (κ3) is 6.00. The van der Waals surface area contributed by atoms with E-state index in [1.54, 1.807) is 5.57 Å². The number of esters is 1. The fraction of sp³-hybridized carbons (Fsp3) is 0.775. The van der Waals surface area contributed by atoms with Crippen LogP contribution >= 0.6 is 0 Å². The Morgan fingerprint density at radius 1 is 0.889 bits per heavy atom. The predicted molar refractivity (Wildman–Crippen MR) is 184 cm³/mol. The second-order valence-corrected chi connectivity index (χ2v) is 17.8. The average Bonchev–Trinajstić information content (AvgIpc) is 3.44. The van der Waals surface area contributed by atoms with Crippen LogP contribution < -0.4 is 5.46 Å². The summed E-state index contributed by atoms with van der Waals surface area (Å²) in [6.07, 6.45) is 16.6. The zero-order chi connectivity index (χ0) is 32.4. The maximum atomic E-state index is 13.3. The molecule has 5 aliphatic rings. The first-order valence-corrected chi connectivity index (χ1v) is 18.5. The summed E-state index contributed by atoms with van der Waals surface area (Å²) in [5.74, 6) is 4.84. The van der Waals surface area contributed by atoms with E-state index in [-0.39, 0.29) is 28.7 Å². The Labute approximate surface area is 275 Å². The lowest BCUT2D eigenvalue weighted by Gasteiger charge is -2.58. The van der Waals surface area contributed by atoms with Crippen LogP contribution in [0, 0.1) is 46.3 Å². The van der Waals surface area contributed by atoms with Gasteiger partial charge in [0.1, 0.15) is 6.10 Å². The first-order chi connectivity index (χ1) is 21.1. The maximum Gasteiger partial charge on any atom is 0.494 e. The Bertz CT molecular complexity index is 1250. The molecule has 6 rings (SSSR count). The maximum absolute atomic E-state index is 13.3. The lowest BCUT2D eigenvalue weighted by atomic mass is 9.47. The highest BCUT2D eigenvalue weighted by Gasteiger charge is 2.59. The molecular formula is C40H61BO4. The Balaban J connectivity index is 1.07. The van der Waals surface area contributed by atoms with Crippen LogP contribution in [0.15, 0.2) is 35.9 Å². The van der Waals surface area contributed by atoms with E-state index in [9.17, 15) is 4.79 Å². The van der Waals surface area contributed by atoms with E-state index in [2.05, 4.69) is 68.4 Å². The molecule has 0 radical (unpaired) electrons. The van der Waals surface area contributed by atoms with E-state index in [1.807, 2.05) is 24.3 Å². The number of hydrogen-bond acceptors (Lipinski definition) is 4. The van der Waals surface area contributed by atoms with Crippen molar-refractivity contribution in [3.63, 3.8) is 0 Å². The molecule has 4 aliphatic carbocycles. The van der Waals surface area contributed by atoms with Crippen LogP contribution in [0.25, 0.3) is 0 Å². The highest BCUT2D eigenvalue weighted by molar-refractivity contribution is 6.62. The predicted octanol–water partition coefficient (Wildman–Crippen LogP) is 9.55. The molecule has 0 N–H and O–H groups in total. The molecule has 4 nitrogen and oxygen atoms in total. The average molecular weight is 617 g/mol. The summed E-state index contributed by atoms with van der Waals surface area (Å²) in [4.78, 5) is 13.3. The Morgan fingerprint density at radius 2 is 1.58 bits per heavy atom. The van der Waals surface area contributed by atoms with Crippen molar-refractivity contribution in [1.29, 1.82) is 0 Å². The number of carbonyl (C=O) groups excluding carboxylic acids is 1. The second-order valence-electron chi connectivity index (χ2n) is 17.8. The summed E-state index contributed by atoms with van der Waals surface area (Å²) < 4.78 is 18.5. The van der Waals surface area contributed by atoms with Crippen LogP contribution in [0.2, 0.25) is 0 Å². The van der Waals surface area contributed by atoms with Crippen molar-refractivity contribution in [3.8, 4) is 0 Å². The van der Waals surface area contributed by atoms with Gasteiger partial charge >= 0.3 is 13.1 Å². The minimum absolute atomic E-state index is 0.0347. The van der Waals surface area contributed by atoms with E-state index in [0.29, 0.717) is 11.0 Å². The van der Waals surface area contributed by atoms with Gasteiger partial charge in [-0.15, -0.1) is 0 Å². The standard InChI is InChI=1S/C40H61BO4/c1-26(2)11-10-12-27(3)33-19-20-34-32-18-15-29-25-31(21-23-39(29,8)35(32)22-24-40(33,34)9)43-36(42)28-13-16-30(17-14-28)41-44-37(4,5)38(6,7)45-41/h13-17,26-27,31-35H,10-12,18-25H2,1-9H3/t27-,31+,32+,33-,34+,35+,39+,40-/m1/s1. The molecule has 0 unspecified atom stereocenters. The van der Waals surface area contributed by atoms with Crippen LogP contribution in [0.1, 0.15) is 143 Å². The molecule has 1 heterocycles. The van der Waals surface area contributed by atoms with Gasteiger partial charge in [0.2, 0.25) is 0 Å². The summed E-state index contributed by atoms with van der Waals surface area (Å²) in [5.41, 5.74) is 3.11. The topological polar surface area (TPSA) is 44.8 Å². The number of carbonyl (C=O) groups is 1. The highest BCUT2D eigenvalue weighted by atomic mass is 16.7. The lowest BCUT2D eigenvalue weighted by Crippen LogP contribution is -2.51.